The zero-order valence-electron chi connectivity index (χ0n) is 53.9. The predicted molar refractivity (Wildman–Crippen MR) is 347 cm³/mol. The van der Waals surface area contributed by atoms with E-state index < -0.39 is 17.9 Å². The summed E-state index contributed by atoms with van der Waals surface area (Å²) in [5, 5.41) is 25.7. The molecule has 0 unspecified atom stereocenters. The molecule has 476 valence electrons. The largest absolute Gasteiger partial charge is 0.481 e. The van der Waals surface area contributed by atoms with Crippen LogP contribution in [0.3, 0.4) is 0 Å². The number of hydrogen-bond acceptors (Lipinski definition) is 6. The molecular weight excluding hydrogens is 1010 g/mol. The maximum Gasteiger partial charge on any atom is 0.303 e. The highest BCUT2D eigenvalue weighted by Crippen LogP contribution is 2.18. The molecule has 0 aliphatic carbocycles. The van der Waals surface area contributed by atoms with Crippen LogP contribution in [0, 0.1) is 0 Å². The Labute approximate surface area is 501 Å². The van der Waals surface area contributed by atoms with Crippen LogP contribution >= 0.6 is 0 Å². The van der Waals surface area contributed by atoms with E-state index in [0.717, 1.165) is 50.7 Å². The van der Waals surface area contributed by atoms with Gasteiger partial charge in [-0.2, -0.15) is 0 Å². The molecule has 0 spiro atoms. The van der Waals surface area contributed by atoms with Gasteiger partial charge in [-0.25, -0.2) is 14.4 Å². The van der Waals surface area contributed by atoms with E-state index in [4.69, 9.17) is 15.3 Å². The fourth-order valence-corrected chi connectivity index (χ4v) is 10.3. The van der Waals surface area contributed by atoms with Crippen molar-refractivity contribution < 1.29 is 44.1 Å². The van der Waals surface area contributed by atoms with Gasteiger partial charge in [0.25, 0.3) is 0 Å². The molecule has 0 amide bonds. The Hall–Kier alpha value is -3.24. The number of hydrogen-bond donors (Lipinski definition) is 3. The minimum atomic E-state index is -0.651. The molecule has 0 heterocycles. The third-order valence-corrected chi connectivity index (χ3v) is 15.5. The third kappa shape index (κ3) is 93.4. The van der Waals surface area contributed by atoms with Gasteiger partial charge in [0.2, 0.25) is 0 Å². The van der Waals surface area contributed by atoms with Crippen LogP contribution in [0.5, 0.6) is 0 Å². The lowest BCUT2D eigenvalue weighted by Gasteiger charge is -2.03. The van der Waals surface area contributed by atoms with E-state index in [1.54, 1.807) is 0 Å². The van der Waals surface area contributed by atoms with Crippen molar-refractivity contribution in [3.05, 3.63) is 17.7 Å². The van der Waals surface area contributed by atoms with E-state index in [1.807, 2.05) is 0 Å². The summed E-state index contributed by atoms with van der Waals surface area (Å²) in [7, 11) is 0. The smallest absolute Gasteiger partial charge is 0.303 e. The second-order valence-electron chi connectivity index (χ2n) is 23.6. The van der Waals surface area contributed by atoms with E-state index in [9.17, 15) is 28.8 Å². The fourth-order valence-electron chi connectivity index (χ4n) is 10.3. The van der Waals surface area contributed by atoms with E-state index in [0.29, 0.717) is 19.3 Å². The molecule has 9 heteroatoms. The Balaban J connectivity index is -0.000000509. The van der Waals surface area contributed by atoms with Gasteiger partial charge in [0.1, 0.15) is 17.8 Å². The van der Waals surface area contributed by atoms with Crippen molar-refractivity contribution in [1.82, 2.24) is 0 Å². The first kappa shape index (κ1) is 84.2. The van der Waals surface area contributed by atoms with Crippen molar-refractivity contribution in [2.45, 2.75) is 406 Å². The Morgan fingerprint density at radius 3 is 0.457 bits per heavy atom. The van der Waals surface area contributed by atoms with Gasteiger partial charge in [-0.1, -0.05) is 367 Å². The molecule has 0 aromatic carbocycles. The summed E-state index contributed by atoms with van der Waals surface area (Å²) < 4.78 is 0. The lowest BCUT2D eigenvalue weighted by Crippen LogP contribution is -1.93. The zero-order valence-corrected chi connectivity index (χ0v) is 53.9. The van der Waals surface area contributed by atoms with Gasteiger partial charge in [0, 0.05) is 31.4 Å². The van der Waals surface area contributed by atoms with E-state index >= 15 is 0 Å². The molecule has 0 radical (unpaired) electrons. The highest BCUT2D eigenvalue weighted by Gasteiger charge is 2.01. The maximum atomic E-state index is 10.4. The summed E-state index contributed by atoms with van der Waals surface area (Å²) in [6, 6.07) is 0. The van der Waals surface area contributed by atoms with Crippen molar-refractivity contribution in [2.24, 2.45) is 0 Å². The van der Waals surface area contributed by atoms with Crippen molar-refractivity contribution in [3.63, 3.8) is 0 Å². The van der Waals surface area contributed by atoms with Crippen LogP contribution in [0.2, 0.25) is 0 Å². The number of carbonyl (C=O) groups is 3. The minimum Gasteiger partial charge on any atom is -0.481 e. The van der Waals surface area contributed by atoms with E-state index in [1.165, 1.54) is 345 Å². The van der Waals surface area contributed by atoms with Crippen LogP contribution in [0.1, 0.15) is 406 Å². The average Bonchev–Trinajstić information content (AvgIpc) is 3.45. The summed E-state index contributed by atoms with van der Waals surface area (Å²) in [5.41, 5.74) is -0.153. The monoisotopic (exact) mass is 1140 g/mol. The molecule has 3 N–H and O–H groups in total. The predicted octanol–water partition coefficient (Wildman–Crippen LogP) is 23.2. The number of carboxylic acids is 3. The molecule has 0 rings (SSSR count). The second-order valence-corrected chi connectivity index (χ2v) is 23.6. The van der Waals surface area contributed by atoms with Crippen molar-refractivity contribution in [2.75, 3.05) is 0 Å². The molecule has 0 aromatic heterocycles. The lowest BCUT2D eigenvalue weighted by atomic mass is 10.0. The van der Waals surface area contributed by atoms with E-state index in [2.05, 4.69) is 20.8 Å². The molecule has 0 aliphatic rings. The molecule has 0 aromatic rings. The van der Waals surface area contributed by atoms with Crippen molar-refractivity contribution in [1.29, 1.82) is 0 Å². The van der Waals surface area contributed by atoms with Crippen LogP contribution in [-0.4, -0.2) is 51.1 Å². The topological polar surface area (TPSA) is 163 Å². The number of unbranched alkanes of at least 4 members (excludes halogenated alkanes) is 54. The van der Waals surface area contributed by atoms with Crippen molar-refractivity contribution >= 4 is 35.7 Å². The number of allylic oxidation sites excluding steroid dienone is 3. The summed E-state index contributed by atoms with van der Waals surface area (Å²) in [6.07, 6.45) is 79.9. The first-order chi connectivity index (χ1) is 39.7. The molecule has 0 saturated carbocycles. The Morgan fingerprint density at radius 1 is 0.235 bits per heavy atom. The Bertz CT molecular complexity index is 1260. The van der Waals surface area contributed by atoms with Gasteiger partial charge in [-0.05, 0) is 19.3 Å². The lowest BCUT2D eigenvalue weighted by molar-refractivity contribution is -0.138. The SMILES string of the molecule is CCCCCCCCCCCCCCCCCCCCCC(=O)O.CCCCCCCCCCCCCCCCCCCCCC(=O)O.CCCCCCCCCCCCCCCCCCCCCC(=O)O.O=C=CC(=C=O)C=C=O. The van der Waals surface area contributed by atoms with E-state index in [-0.39, 0.29) is 5.57 Å². The fraction of sp³-hybridized carbons (Fsp3) is 0.875. The molecule has 81 heavy (non-hydrogen) atoms. The van der Waals surface area contributed by atoms with Gasteiger partial charge < -0.3 is 15.3 Å². The highest BCUT2D eigenvalue weighted by molar-refractivity contribution is 5.73. The molecular formula is C72H134O9. The van der Waals surface area contributed by atoms with Crippen molar-refractivity contribution in [3.8, 4) is 0 Å². The summed E-state index contributed by atoms with van der Waals surface area (Å²) in [5.74, 6) is 2.02. The van der Waals surface area contributed by atoms with Crippen LogP contribution in [0.15, 0.2) is 17.7 Å². The summed E-state index contributed by atoms with van der Waals surface area (Å²) in [4.78, 5) is 59.9. The molecule has 0 bridgehead atoms. The van der Waals surface area contributed by atoms with Gasteiger partial charge in [-0.3, -0.25) is 14.4 Å². The molecule has 0 saturated heterocycles. The molecule has 0 atom stereocenters. The third-order valence-electron chi connectivity index (χ3n) is 15.5. The number of aliphatic carboxylic acids is 3. The van der Waals surface area contributed by atoms with Gasteiger partial charge in [0.05, 0.1) is 5.57 Å². The number of carbonyl (C=O) groups excluding carboxylic acids is 3. The van der Waals surface area contributed by atoms with Crippen LogP contribution in [0.4, 0.5) is 0 Å². The normalized spacial score (nSPS) is 10.5. The molecule has 9 nitrogen and oxygen atoms in total. The zero-order chi connectivity index (χ0) is 60.3. The van der Waals surface area contributed by atoms with Gasteiger partial charge in [-0.15, -0.1) is 0 Å². The maximum absolute atomic E-state index is 10.4. The minimum absolute atomic E-state index is 0.153. The number of rotatable bonds is 62. The first-order valence-corrected chi connectivity index (χ1v) is 35.0. The average molecular weight is 1140 g/mol. The highest BCUT2D eigenvalue weighted by atomic mass is 16.4. The van der Waals surface area contributed by atoms with Gasteiger partial charge in [0.15, 0.2) is 0 Å². The summed E-state index contributed by atoms with van der Waals surface area (Å²) in [6.45, 7) is 6.85. The molecule has 0 aliphatic heterocycles. The number of carboxylic acid groups (broad SMARTS) is 3. The van der Waals surface area contributed by atoms with Crippen LogP contribution in [0.25, 0.3) is 0 Å². The molecule has 0 fully saturated rings. The second kappa shape index (κ2) is 81.0. The standard InChI is InChI=1S/3C22H44O2.C6H2O3/c3*1-2-3-4-5-6-7-8-9-10-11-12-13-14-15-16-17-18-19-20-21-22(23)24;7-3-1-6(5-9)2-4-8/h3*2-21H2,1H3,(H,23,24);1-2H. The Kier molecular flexibility index (Phi) is 84.2. The van der Waals surface area contributed by atoms with Gasteiger partial charge >= 0.3 is 17.9 Å². The van der Waals surface area contributed by atoms with Crippen LogP contribution < -0.4 is 0 Å². The van der Waals surface area contributed by atoms with Crippen LogP contribution in [-0.2, 0) is 28.8 Å². The quantitative estimate of drug-likeness (QED) is 0.0306. The summed E-state index contributed by atoms with van der Waals surface area (Å²) >= 11 is 0. The Morgan fingerprint density at radius 2 is 0.358 bits per heavy atom. The first-order valence-electron chi connectivity index (χ1n) is 35.0.